The molecule has 10 heteroatoms. The molecule has 0 saturated heterocycles. The van der Waals surface area contributed by atoms with E-state index in [4.69, 9.17) is 5.11 Å². The third-order valence-corrected chi connectivity index (χ3v) is 3.93. The molecule has 0 bridgehead atoms. The third kappa shape index (κ3) is 4.90. The van der Waals surface area contributed by atoms with Crippen molar-refractivity contribution in [3.8, 4) is 0 Å². The first-order valence-electron chi connectivity index (χ1n) is 5.66. The van der Waals surface area contributed by atoms with Crippen LogP contribution in [0.15, 0.2) is 18.2 Å². The Morgan fingerprint density at radius 3 is 2.43 bits per heavy atom. The van der Waals surface area contributed by atoms with Crippen LogP contribution in [0.1, 0.15) is 15.9 Å². The molecular weight excluding hydrogens is 313 g/mol. The van der Waals surface area contributed by atoms with Gasteiger partial charge in [0.1, 0.15) is 0 Å². The van der Waals surface area contributed by atoms with Crippen molar-refractivity contribution in [2.75, 3.05) is 24.7 Å². The van der Waals surface area contributed by atoms with Gasteiger partial charge in [-0.2, -0.15) is 13.2 Å². The summed E-state index contributed by atoms with van der Waals surface area (Å²) < 4.78 is 62.3. The molecule has 0 radical (unpaired) electrons. The van der Waals surface area contributed by atoms with Crippen LogP contribution in [-0.2, 0) is 16.2 Å². The predicted octanol–water partition coefficient (Wildman–Crippen LogP) is 1.36. The number of carboxylic acids is 1. The van der Waals surface area contributed by atoms with Crippen LogP contribution in [0.2, 0.25) is 0 Å². The van der Waals surface area contributed by atoms with Crippen molar-refractivity contribution in [1.29, 1.82) is 0 Å². The van der Waals surface area contributed by atoms with Gasteiger partial charge in [0, 0.05) is 12.2 Å². The van der Waals surface area contributed by atoms with E-state index in [2.05, 4.69) is 10.0 Å². The van der Waals surface area contributed by atoms with Crippen LogP contribution in [0, 0.1) is 0 Å². The minimum atomic E-state index is -4.78. The number of nitrogens with one attached hydrogen (secondary N) is 2. The zero-order valence-corrected chi connectivity index (χ0v) is 11.7. The van der Waals surface area contributed by atoms with Crippen molar-refractivity contribution in [3.05, 3.63) is 29.3 Å². The van der Waals surface area contributed by atoms with Crippen LogP contribution in [0.3, 0.4) is 0 Å². The maximum Gasteiger partial charge on any atom is 0.417 e. The van der Waals surface area contributed by atoms with E-state index in [-0.39, 0.29) is 18.0 Å². The van der Waals surface area contributed by atoms with Crippen LogP contribution in [0.25, 0.3) is 0 Å². The normalized spacial score (nSPS) is 12.2. The van der Waals surface area contributed by atoms with E-state index in [0.29, 0.717) is 6.07 Å². The monoisotopic (exact) mass is 326 g/mol. The molecule has 0 heterocycles. The lowest BCUT2D eigenvalue weighted by Gasteiger charge is -2.13. The van der Waals surface area contributed by atoms with Gasteiger partial charge >= 0.3 is 12.1 Å². The van der Waals surface area contributed by atoms with Gasteiger partial charge in [-0.3, -0.25) is 0 Å². The largest absolute Gasteiger partial charge is 0.478 e. The number of hydrogen-bond donors (Lipinski definition) is 3. The summed E-state index contributed by atoms with van der Waals surface area (Å²) in [5, 5.41) is 11.4. The van der Waals surface area contributed by atoms with Gasteiger partial charge in [0.05, 0.1) is 16.9 Å². The van der Waals surface area contributed by atoms with Gasteiger partial charge < -0.3 is 10.4 Å². The number of benzene rings is 1. The first-order chi connectivity index (χ1) is 9.57. The maximum absolute atomic E-state index is 12.6. The van der Waals surface area contributed by atoms with Crippen LogP contribution >= 0.6 is 0 Å². The number of carboxylic acid groups (broad SMARTS) is 1. The van der Waals surface area contributed by atoms with Gasteiger partial charge in [-0.25, -0.2) is 17.9 Å². The number of hydrogen-bond acceptors (Lipinski definition) is 4. The molecule has 0 unspecified atom stereocenters. The van der Waals surface area contributed by atoms with Crippen LogP contribution in [0.4, 0.5) is 18.9 Å². The molecule has 0 spiro atoms. The zero-order chi connectivity index (χ0) is 16.3. The standard InChI is InChI=1S/C11H13F3N2O4S/c1-15-21(19,20)5-4-16-7-2-3-9(11(12,13)14)8(6-7)10(17)18/h2-3,6,15-16H,4-5H2,1H3,(H,17,18). The number of sulfonamides is 1. The molecule has 0 fully saturated rings. The van der Waals surface area contributed by atoms with Gasteiger partial charge in [-0.1, -0.05) is 0 Å². The van der Waals surface area contributed by atoms with Gasteiger partial charge in [0.15, 0.2) is 0 Å². The van der Waals surface area contributed by atoms with Crippen molar-refractivity contribution in [1.82, 2.24) is 4.72 Å². The van der Waals surface area contributed by atoms with Crippen LogP contribution in [-0.4, -0.2) is 38.8 Å². The Kier molecular flexibility index (Phi) is 5.18. The molecule has 1 rings (SSSR count). The Morgan fingerprint density at radius 2 is 1.95 bits per heavy atom. The molecule has 118 valence electrons. The highest BCUT2D eigenvalue weighted by molar-refractivity contribution is 7.89. The minimum absolute atomic E-state index is 0.0758. The molecule has 0 aromatic heterocycles. The second-order valence-electron chi connectivity index (χ2n) is 4.01. The molecule has 6 nitrogen and oxygen atoms in total. The molecule has 0 aliphatic carbocycles. The number of halogens is 3. The van der Waals surface area contributed by atoms with Gasteiger partial charge in [-0.05, 0) is 25.2 Å². The third-order valence-electron chi connectivity index (χ3n) is 2.57. The summed E-state index contributed by atoms with van der Waals surface area (Å²) in [6, 6.07) is 2.50. The highest BCUT2D eigenvalue weighted by Gasteiger charge is 2.35. The van der Waals surface area contributed by atoms with E-state index in [0.717, 1.165) is 12.1 Å². The molecule has 0 amide bonds. The van der Waals surface area contributed by atoms with Gasteiger partial charge in [-0.15, -0.1) is 0 Å². The fraction of sp³-hybridized carbons (Fsp3) is 0.364. The maximum atomic E-state index is 12.6. The Labute approximate surface area is 119 Å². The summed E-state index contributed by atoms with van der Waals surface area (Å²) in [4.78, 5) is 10.9. The lowest BCUT2D eigenvalue weighted by atomic mass is 10.1. The smallest absolute Gasteiger partial charge is 0.417 e. The van der Waals surface area contributed by atoms with Crippen molar-refractivity contribution < 1.29 is 31.5 Å². The Hall–Kier alpha value is -1.81. The molecule has 1 aromatic rings. The summed E-state index contributed by atoms with van der Waals surface area (Å²) in [7, 11) is -2.22. The fourth-order valence-electron chi connectivity index (χ4n) is 1.51. The highest BCUT2D eigenvalue weighted by atomic mass is 32.2. The Balaban J connectivity index is 2.92. The number of rotatable bonds is 6. The van der Waals surface area contributed by atoms with E-state index in [1.165, 1.54) is 7.05 Å². The zero-order valence-electron chi connectivity index (χ0n) is 10.9. The van der Waals surface area contributed by atoms with Gasteiger partial charge in [0.25, 0.3) is 0 Å². The molecule has 1 aromatic carbocycles. The predicted molar refractivity (Wildman–Crippen MR) is 69.7 cm³/mol. The Bertz CT molecular complexity index is 629. The van der Waals surface area contributed by atoms with E-state index < -0.39 is 33.3 Å². The molecule has 0 atom stereocenters. The number of carbonyl (C=O) groups is 1. The number of aromatic carboxylic acids is 1. The topological polar surface area (TPSA) is 95.5 Å². The lowest BCUT2D eigenvalue weighted by molar-refractivity contribution is -0.138. The van der Waals surface area contributed by atoms with E-state index in [1.54, 1.807) is 0 Å². The first-order valence-corrected chi connectivity index (χ1v) is 7.31. The average molecular weight is 326 g/mol. The highest BCUT2D eigenvalue weighted by Crippen LogP contribution is 2.33. The fourth-order valence-corrected chi connectivity index (χ4v) is 2.09. The summed E-state index contributed by atoms with van der Waals surface area (Å²) in [5.74, 6) is -2.01. The van der Waals surface area contributed by atoms with Crippen molar-refractivity contribution in [2.45, 2.75) is 6.18 Å². The first kappa shape index (κ1) is 17.2. The second-order valence-corrected chi connectivity index (χ2v) is 6.06. The quantitative estimate of drug-likeness (QED) is 0.734. The Morgan fingerprint density at radius 1 is 1.33 bits per heavy atom. The van der Waals surface area contributed by atoms with Crippen molar-refractivity contribution in [3.63, 3.8) is 0 Å². The molecule has 21 heavy (non-hydrogen) atoms. The van der Waals surface area contributed by atoms with E-state index in [9.17, 15) is 26.4 Å². The second kappa shape index (κ2) is 6.31. The van der Waals surface area contributed by atoms with Crippen molar-refractivity contribution in [2.24, 2.45) is 0 Å². The molecule has 0 aliphatic rings. The number of alkyl halides is 3. The van der Waals surface area contributed by atoms with E-state index >= 15 is 0 Å². The SMILES string of the molecule is CNS(=O)(=O)CCNc1ccc(C(F)(F)F)c(C(=O)O)c1. The lowest BCUT2D eigenvalue weighted by Crippen LogP contribution is -2.26. The summed E-state index contributed by atoms with van der Waals surface area (Å²) >= 11 is 0. The van der Waals surface area contributed by atoms with Crippen LogP contribution < -0.4 is 10.0 Å². The minimum Gasteiger partial charge on any atom is -0.478 e. The summed E-state index contributed by atoms with van der Waals surface area (Å²) in [6.07, 6.45) is -4.78. The summed E-state index contributed by atoms with van der Waals surface area (Å²) in [6.45, 7) is -0.0758. The molecular formula is C11H13F3N2O4S. The summed E-state index contributed by atoms with van der Waals surface area (Å²) in [5.41, 5.74) is -2.07. The van der Waals surface area contributed by atoms with Crippen molar-refractivity contribution >= 4 is 21.7 Å². The van der Waals surface area contributed by atoms with Gasteiger partial charge in [0.2, 0.25) is 10.0 Å². The molecule has 0 aliphatic heterocycles. The molecule has 0 saturated carbocycles. The number of anilines is 1. The van der Waals surface area contributed by atoms with Crippen LogP contribution in [0.5, 0.6) is 0 Å². The molecule has 3 N–H and O–H groups in total. The van der Waals surface area contributed by atoms with E-state index in [1.807, 2.05) is 0 Å². The average Bonchev–Trinajstić information content (AvgIpc) is 2.37.